The molecule has 2 aromatic rings. The summed E-state index contributed by atoms with van der Waals surface area (Å²) in [6, 6.07) is 3.73. The highest BCUT2D eigenvalue weighted by Gasteiger charge is 2.43. The van der Waals surface area contributed by atoms with E-state index >= 15 is 0 Å². The van der Waals surface area contributed by atoms with Gasteiger partial charge in [0, 0.05) is 23.4 Å². The third-order valence-electron chi connectivity index (χ3n) is 5.68. The quantitative estimate of drug-likeness (QED) is 0.515. The maximum Gasteiger partial charge on any atom is 0.257 e. The van der Waals surface area contributed by atoms with Crippen LogP contribution in [0.1, 0.15) is 70.0 Å². The summed E-state index contributed by atoms with van der Waals surface area (Å²) in [6.45, 7) is 10.4. The molecular formula is C23H29N3O3S. The van der Waals surface area contributed by atoms with Gasteiger partial charge in [-0.15, -0.1) is 0 Å². The van der Waals surface area contributed by atoms with Crippen LogP contribution < -0.4 is 10.9 Å². The Bertz CT molecular complexity index is 1080. The van der Waals surface area contributed by atoms with Crippen LogP contribution in [0.15, 0.2) is 37.8 Å². The molecule has 160 valence electrons. The van der Waals surface area contributed by atoms with Crippen LogP contribution in [-0.4, -0.2) is 21.5 Å². The lowest BCUT2D eigenvalue weighted by molar-refractivity contribution is -0.118. The molecule has 0 spiro atoms. The first kappa shape index (κ1) is 21.0. The molecule has 0 unspecified atom stereocenters. The van der Waals surface area contributed by atoms with E-state index in [9.17, 15) is 9.59 Å². The predicted molar refractivity (Wildman–Crippen MR) is 119 cm³/mol. The lowest BCUT2D eigenvalue weighted by atomic mass is 9.70. The fraction of sp³-hybridized carbons (Fsp3) is 0.522. The summed E-state index contributed by atoms with van der Waals surface area (Å²) in [5.74, 6) is 2.92. The second-order valence-corrected chi connectivity index (χ2v) is 10.6. The van der Waals surface area contributed by atoms with Crippen molar-refractivity contribution in [3.05, 3.63) is 50.8 Å². The molecule has 0 bridgehead atoms. The summed E-state index contributed by atoms with van der Waals surface area (Å²) in [6.07, 6.45) is 2.23. The van der Waals surface area contributed by atoms with Crippen LogP contribution in [0.4, 0.5) is 5.82 Å². The van der Waals surface area contributed by atoms with E-state index in [4.69, 9.17) is 9.40 Å². The molecule has 0 amide bonds. The molecule has 2 N–H and O–H groups in total. The van der Waals surface area contributed by atoms with Gasteiger partial charge in [-0.05, 0) is 43.2 Å². The van der Waals surface area contributed by atoms with Gasteiger partial charge in [0.1, 0.15) is 17.3 Å². The second-order valence-electron chi connectivity index (χ2n) is 9.50. The first-order chi connectivity index (χ1) is 14.1. The highest BCUT2D eigenvalue weighted by atomic mass is 32.2. The molecule has 2 aromatic heterocycles. The Kier molecular flexibility index (Phi) is 5.43. The lowest BCUT2D eigenvalue weighted by Crippen LogP contribution is -2.36. The van der Waals surface area contributed by atoms with E-state index in [1.54, 1.807) is 11.8 Å². The molecule has 0 aromatic carbocycles. The van der Waals surface area contributed by atoms with Gasteiger partial charge in [0.15, 0.2) is 10.9 Å². The predicted octanol–water partition coefficient (Wildman–Crippen LogP) is 5.01. The molecular weight excluding hydrogens is 398 g/mol. The molecule has 4 rings (SSSR count). The van der Waals surface area contributed by atoms with Gasteiger partial charge in [-0.3, -0.25) is 9.59 Å². The molecule has 3 heterocycles. The zero-order valence-electron chi connectivity index (χ0n) is 18.2. The van der Waals surface area contributed by atoms with Crippen LogP contribution in [-0.2, 0) is 4.79 Å². The van der Waals surface area contributed by atoms with Crippen molar-refractivity contribution in [2.24, 2.45) is 11.3 Å². The Morgan fingerprint density at radius 2 is 2.03 bits per heavy atom. The molecule has 6 nitrogen and oxygen atoms in total. The Morgan fingerprint density at radius 3 is 2.70 bits per heavy atom. The van der Waals surface area contributed by atoms with Crippen LogP contribution in [0, 0.1) is 18.3 Å². The Balaban J connectivity index is 1.81. The minimum absolute atomic E-state index is 0.0632. The van der Waals surface area contributed by atoms with E-state index in [0.717, 1.165) is 30.1 Å². The average molecular weight is 428 g/mol. The fourth-order valence-corrected chi connectivity index (χ4v) is 5.35. The number of nitrogens with zero attached hydrogens (tertiary/aromatic N) is 1. The number of furan rings is 1. The smallest absolute Gasteiger partial charge is 0.257 e. The van der Waals surface area contributed by atoms with E-state index in [2.05, 4.69) is 38.0 Å². The van der Waals surface area contributed by atoms with Gasteiger partial charge >= 0.3 is 0 Å². The van der Waals surface area contributed by atoms with Gasteiger partial charge in [-0.25, -0.2) is 4.98 Å². The maximum absolute atomic E-state index is 13.2. The van der Waals surface area contributed by atoms with E-state index in [-0.39, 0.29) is 16.8 Å². The first-order valence-electron chi connectivity index (χ1n) is 10.5. The number of rotatable bonds is 5. The number of allylic oxidation sites excluding steroid dienone is 2. The number of carbonyl (C=O) groups is 1. The van der Waals surface area contributed by atoms with E-state index in [0.29, 0.717) is 40.2 Å². The summed E-state index contributed by atoms with van der Waals surface area (Å²) in [7, 11) is 0. The average Bonchev–Trinajstić information content (AvgIpc) is 3.04. The van der Waals surface area contributed by atoms with Crippen molar-refractivity contribution in [3.63, 3.8) is 0 Å². The van der Waals surface area contributed by atoms with Gasteiger partial charge in [-0.1, -0.05) is 39.5 Å². The van der Waals surface area contributed by atoms with Gasteiger partial charge in [-0.2, -0.15) is 0 Å². The van der Waals surface area contributed by atoms with Gasteiger partial charge < -0.3 is 14.7 Å². The van der Waals surface area contributed by atoms with E-state index in [1.165, 1.54) is 0 Å². The zero-order valence-corrected chi connectivity index (χ0v) is 19.0. The number of aryl methyl sites for hydroxylation is 1. The van der Waals surface area contributed by atoms with Crippen LogP contribution >= 0.6 is 11.8 Å². The lowest BCUT2D eigenvalue weighted by Gasteiger charge is -2.37. The largest absolute Gasteiger partial charge is 0.465 e. The second kappa shape index (κ2) is 7.76. The van der Waals surface area contributed by atoms with Crippen molar-refractivity contribution >= 4 is 23.4 Å². The molecule has 1 aliphatic carbocycles. The maximum atomic E-state index is 13.2. The number of ketones is 1. The molecule has 0 radical (unpaired) electrons. The molecule has 1 atom stereocenters. The van der Waals surface area contributed by atoms with Gasteiger partial charge in [0.25, 0.3) is 5.56 Å². The van der Waals surface area contributed by atoms with Crippen molar-refractivity contribution in [2.45, 2.75) is 65.0 Å². The monoisotopic (exact) mass is 427 g/mol. The van der Waals surface area contributed by atoms with Crippen LogP contribution in [0.3, 0.4) is 0 Å². The molecule has 30 heavy (non-hydrogen) atoms. The van der Waals surface area contributed by atoms with Crippen molar-refractivity contribution in [3.8, 4) is 0 Å². The molecule has 0 fully saturated rings. The minimum Gasteiger partial charge on any atom is -0.465 e. The fourth-order valence-electron chi connectivity index (χ4n) is 4.25. The van der Waals surface area contributed by atoms with Crippen LogP contribution in [0.2, 0.25) is 0 Å². The summed E-state index contributed by atoms with van der Waals surface area (Å²) in [4.78, 5) is 34.0. The molecule has 0 saturated heterocycles. The topological polar surface area (TPSA) is 88.0 Å². The summed E-state index contributed by atoms with van der Waals surface area (Å²) < 4.78 is 5.91. The Labute approximate surface area is 180 Å². The van der Waals surface area contributed by atoms with Crippen molar-refractivity contribution in [1.82, 2.24) is 9.97 Å². The molecule has 0 saturated carbocycles. The number of aromatic amines is 1. The Morgan fingerprint density at radius 1 is 1.27 bits per heavy atom. The van der Waals surface area contributed by atoms with Crippen LogP contribution in [0.5, 0.6) is 0 Å². The Hall–Kier alpha value is -2.28. The number of hydrogen-bond donors (Lipinski definition) is 2. The number of anilines is 1. The summed E-state index contributed by atoms with van der Waals surface area (Å²) in [5.41, 5.74) is 1.61. The number of carbonyl (C=O) groups excluding carboxylic acids is 1. The van der Waals surface area contributed by atoms with Crippen molar-refractivity contribution in [1.29, 1.82) is 0 Å². The first-order valence-corrected chi connectivity index (χ1v) is 11.5. The number of aromatic nitrogens is 2. The third kappa shape index (κ3) is 4.00. The highest BCUT2D eigenvalue weighted by molar-refractivity contribution is 7.99. The number of H-pyrrole nitrogens is 1. The van der Waals surface area contributed by atoms with Crippen molar-refractivity contribution < 1.29 is 9.21 Å². The number of thioether (sulfide) groups is 1. The number of hydrogen-bond acceptors (Lipinski definition) is 6. The van der Waals surface area contributed by atoms with Gasteiger partial charge in [0.2, 0.25) is 0 Å². The SMILES string of the molecule is Cc1ccc([C@@H]2C3=C(CC(C)(C)CC3=O)Nc3nc(SCCC(C)C)[nH]c(=O)c32)o1. The summed E-state index contributed by atoms with van der Waals surface area (Å²) in [5, 5.41) is 3.95. The molecule has 2 aliphatic rings. The number of nitrogens with one attached hydrogen (secondary N) is 2. The van der Waals surface area contributed by atoms with E-state index < -0.39 is 5.92 Å². The van der Waals surface area contributed by atoms with Gasteiger partial charge in [0.05, 0.1) is 11.5 Å². The van der Waals surface area contributed by atoms with Crippen LogP contribution in [0.25, 0.3) is 0 Å². The normalized spacial score (nSPS) is 20.2. The van der Waals surface area contributed by atoms with E-state index in [1.807, 2.05) is 19.1 Å². The zero-order chi connectivity index (χ0) is 21.6. The standard InChI is InChI=1S/C23H29N3O3S/c1-12(2)8-9-30-22-25-20-19(21(28)26-22)18(16-7-6-13(3)29-16)17-14(24-20)10-23(4,5)11-15(17)27/h6-7,12,18H,8-11H2,1-5H3,(H2,24,25,26,28)/t18-/m1/s1. The highest BCUT2D eigenvalue weighted by Crippen LogP contribution is 2.47. The minimum atomic E-state index is -0.528. The summed E-state index contributed by atoms with van der Waals surface area (Å²) >= 11 is 1.55. The number of fused-ring (bicyclic) bond motifs is 1. The molecule has 1 aliphatic heterocycles. The van der Waals surface area contributed by atoms with Crippen molar-refractivity contribution in [2.75, 3.05) is 11.1 Å². The molecule has 7 heteroatoms. The number of Topliss-reactive ketones (excluding diaryl/α,β-unsaturated/α-hetero) is 1. The third-order valence-corrected chi connectivity index (χ3v) is 6.59.